The van der Waals surface area contributed by atoms with Gasteiger partial charge in [-0.05, 0) is 54.8 Å². The molecule has 0 aromatic rings. The van der Waals surface area contributed by atoms with Gasteiger partial charge in [-0.25, -0.2) is 0 Å². The van der Waals surface area contributed by atoms with Crippen LogP contribution in [0.3, 0.4) is 0 Å². The fourth-order valence-corrected chi connectivity index (χ4v) is 5.71. The van der Waals surface area contributed by atoms with Gasteiger partial charge in [-0.2, -0.15) is 0 Å². The van der Waals surface area contributed by atoms with E-state index in [0.29, 0.717) is 5.92 Å². The van der Waals surface area contributed by atoms with E-state index in [1.54, 1.807) is 0 Å². The second-order valence-electron chi connectivity index (χ2n) is 8.90. The molecule has 0 aromatic carbocycles. The predicted molar refractivity (Wildman–Crippen MR) is 96.1 cm³/mol. The molecule has 3 aliphatic carbocycles. The summed E-state index contributed by atoms with van der Waals surface area (Å²) in [4.78, 5) is 24.2. The first kappa shape index (κ1) is 18.0. The maximum absolute atomic E-state index is 12.3. The quantitative estimate of drug-likeness (QED) is 0.568. The molecule has 3 rings (SSSR count). The van der Waals surface area contributed by atoms with Crippen LogP contribution in [0.5, 0.6) is 0 Å². The summed E-state index contributed by atoms with van der Waals surface area (Å²) in [7, 11) is 0. The molecule has 0 aromatic heterocycles. The molecular formula is C21H28O4. The van der Waals surface area contributed by atoms with Crippen molar-refractivity contribution in [2.45, 2.75) is 59.3 Å². The van der Waals surface area contributed by atoms with Gasteiger partial charge in [0.2, 0.25) is 11.6 Å². The van der Waals surface area contributed by atoms with E-state index >= 15 is 0 Å². The summed E-state index contributed by atoms with van der Waals surface area (Å²) in [6.07, 6.45) is 6.46. The zero-order valence-electron chi connectivity index (χ0n) is 15.4. The lowest BCUT2D eigenvalue weighted by molar-refractivity contribution is -0.119. The summed E-state index contributed by atoms with van der Waals surface area (Å²) in [6.45, 7) is 11.2. The van der Waals surface area contributed by atoms with Crippen molar-refractivity contribution in [3.05, 3.63) is 35.3 Å². The van der Waals surface area contributed by atoms with Crippen LogP contribution in [0.4, 0.5) is 0 Å². The summed E-state index contributed by atoms with van der Waals surface area (Å²) in [6, 6.07) is 0. The molecule has 0 unspecified atom stereocenters. The topological polar surface area (TPSA) is 74.6 Å². The van der Waals surface area contributed by atoms with E-state index in [1.807, 2.05) is 0 Å². The minimum atomic E-state index is -0.695. The highest BCUT2D eigenvalue weighted by molar-refractivity contribution is 6.20. The minimum absolute atomic E-state index is 0.00945. The van der Waals surface area contributed by atoms with Gasteiger partial charge in [0.25, 0.3) is 0 Å². The normalized spacial score (nSPS) is 35.5. The molecule has 0 heterocycles. The monoisotopic (exact) mass is 344 g/mol. The van der Waals surface area contributed by atoms with E-state index in [2.05, 4.69) is 27.4 Å². The van der Waals surface area contributed by atoms with Crippen molar-refractivity contribution in [1.82, 2.24) is 0 Å². The van der Waals surface area contributed by atoms with E-state index in [9.17, 15) is 19.8 Å². The summed E-state index contributed by atoms with van der Waals surface area (Å²) < 4.78 is 0. The fourth-order valence-electron chi connectivity index (χ4n) is 5.71. The van der Waals surface area contributed by atoms with E-state index in [0.717, 1.165) is 37.3 Å². The smallest absolute Gasteiger partial charge is 0.227 e. The lowest BCUT2D eigenvalue weighted by Crippen LogP contribution is -2.49. The van der Waals surface area contributed by atoms with Crippen molar-refractivity contribution in [2.75, 3.05) is 0 Å². The molecule has 4 heteroatoms. The highest BCUT2D eigenvalue weighted by Gasteiger charge is 2.53. The number of ketones is 2. The van der Waals surface area contributed by atoms with Crippen LogP contribution in [0.1, 0.15) is 59.3 Å². The van der Waals surface area contributed by atoms with Crippen LogP contribution in [0.15, 0.2) is 35.3 Å². The number of fused-ring (bicyclic) bond motifs is 1. The molecule has 4 nitrogen and oxygen atoms in total. The first-order valence-electron chi connectivity index (χ1n) is 9.17. The predicted octanol–water partition coefficient (Wildman–Crippen LogP) is 4.58. The van der Waals surface area contributed by atoms with Gasteiger partial charge < -0.3 is 10.2 Å². The van der Waals surface area contributed by atoms with E-state index < -0.39 is 23.1 Å². The number of rotatable bonds is 2. The molecule has 0 radical (unpaired) electrons. The third-order valence-corrected chi connectivity index (χ3v) is 7.02. The maximum atomic E-state index is 12.3. The van der Waals surface area contributed by atoms with Crippen LogP contribution in [0.2, 0.25) is 0 Å². The standard InChI is InChI=1S/C21H28O4/c1-12-6-7-17-20(2,3)8-5-9-21(17,4)14(12)10-13-18(24)15(22)11-16(23)19(13)25/h11,14,17,22,25H,1,5-10H2,2-4H3/t14-,17-,21+/m1/s1. The molecule has 0 bridgehead atoms. The number of aliphatic hydroxyl groups is 2. The third-order valence-electron chi connectivity index (χ3n) is 7.02. The van der Waals surface area contributed by atoms with Gasteiger partial charge in [0.1, 0.15) is 0 Å². The Morgan fingerprint density at radius 3 is 2.56 bits per heavy atom. The first-order valence-corrected chi connectivity index (χ1v) is 9.17. The Labute approximate surface area is 149 Å². The molecule has 25 heavy (non-hydrogen) atoms. The molecule has 2 N–H and O–H groups in total. The van der Waals surface area contributed by atoms with Crippen LogP contribution in [0, 0.1) is 22.7 Å². The second kappa shape index (κ2) is 5.86. The molecule has 2 saturated carbocycles. The van der Waals surface area contributed by atoms with E-state index in [1.165, 1.54) is 6.42 Å². The van der Waals surface area contributed by atoms with Crippen LogP contribution >= 0.6 is 0 Å². The number of carbonyl (C=O) groups is 2. The summed E-state index contributed by atoms with van der Waals surface area (Å²) >= 11 is 0. The molecule has 0 aliphatic heterocycles. The van der Waals surface area contributed by atoms with Gasteiger partial charge >= 0.3 is 0 Å². The largest absolute Gasteiger partial charge is 0.504 e. The van der Waals surface area contributed by atoms with E-state index in [-0.39, 0.29) is 28.7 Å². The highest BCUT2D eigenvalue weighted by atomic mass is 16.3. The SMILES string of the molecule is C=C1CC[C@@H]2C(C)(C)CCC[C@@]2(C)[C@@H]1CC1=C(O)C(=O)C=C(O)C1=O. The number of hydrogen-bond donors (Lipinski definition) is 2. The molecule has 3 atom stereocenters. The number of hydrogen-bond acceptors (Lipinski definition) is 4. The van der Waals surface area contributed by atoms with Crippen molar-refractivity contribution in [2.24, 2.45) is 22.7 Å². The molecule has 0 saturated heterocycles. The van der Waals surface area contributed by atoms with Crippen molar-refractivity contribution in [3.8, 4) is 0 Å². The van der Waals surface area contributed by atoms with Crippen molar-refractivity contribution >= 4 is 11.6 Å². The zero-order valence-corrected chi connectivity index (χ0v) is 15.4. The van der Waals surface area contributed by atoms with Gasteiger partial charge in [0.05, 0.1) is 0 Å². The Morgan fingerprint density at radius 2 is 1.88 bits per heavy atom. The fraction of sp³-hybridized carbons (Fsp3) is 0.619. The molecule has 136 valence electrons. The lowest BCUT2D eigenvalue weighted by atomic mass is 9.47. The number of Topliss-reactive ketones (excluding diaryl/α,β-unsaturated/α-hetero) is 1. The van der Waals surface area contributed by atoms with Crippen LogP contribution < -0.4 is 0 Å². The van der Waals surface area contributed by atoms with Gasteiger partial charge in [-0.1, -0.05) is 39.3 Å². The highest BCUT2D eigenvalue weighted by Crippen LogP contribution is 2.62. The van der Waals surface area contributed by atoms with Gasteiger partial charge in [-0.3, -0.25) is 9.59 Å². The van der Waals surface area contributed by atoms with Gasteiger partial charge in [0, 0.05) is 11.6 Å². The van der Waals surface area contributed by atoms with E-state index in [4.69, 9.17) is 0 Å². The van der Waals surface area contributed by atoms with Crippen LogP contribution in [-0.2, 0) is 9.59 Å². The molecule has 0 amide bonds. The maximum Gasteiger partial charge on any atom is 0.227 e. The number of carbonyl (C=O) groups excluding carboxylic acids is 2. The number of aliphatic hydroxyl groups excluding tert-OH is 2. The van der Waals surface area contributed by atoms with Gasteiger partial charge in [0.15, 0.2) is 11.5 Å². The average molecular weight is 344 g/mol. The summed E-state index contributed by atoms with van der Waals surface area (Å²) in [5.74, 6) is -1.87. The third kappa shape index (κ3) is 2.76. The summed E-state index contributed by atoms with van der Waals surface area (Å²) in [5.41, 5.74) is 1.36. The Balaban J connectivity index is 1.98. The van der Waals surface area contributed by atoms with Crippen LogP contribution in [-0.4, -0.2) is 21.8 Å². The van der Waals surface area contributed by atoms with Crippen LogP contribution in [0.25, 0.3) is 0 Å². The molecule has 3 aliphatic rings. The second-order valence-corrected chi connectivity index (χ2v) is 8.90. The Morgan fingerprint density at radius 1 is 1.20 bits per heavy atom. The first-order chi connectivity index (χ1) is 11.6. The average Bonchev–Trinajstić information content (AvgIpc) is 2.51. The minimum Gasteiger partial charge on any atom is -0.504 e. The van der Waals surface area contributed by atoms with Crippen molar-refractivity contribution in [3.63, 3.8) is 0 Å². The van der Waals surface area contributed by atoms with Gasteiger partial charge in [-0.15, -0.1) is 0 Å². The Kier molecular flexibility index (Phi) is 4.21. The molecular weight excluding hydrogens is 316 g/mol. The van der Waals surface area contributed by atoms with Crippen molar-refractivity contribution in [1.29, 1.82) is 0 Å². The Hall–Kier alpha value is -1.84. The Bertz CT molecular complexity index is 709. The van der Waals surface area contributed by atoms with Crippen molar-refractivity contribution < 1.29 is 19.8 Å². The molecule has 0 spiro atoms. The zero-order chi connectivity index (χ0) is 18.6. The lowest BCUT2D eigenvalue weighted by Gasteiger charge is -2.58. The summed E-state index contributed by atoms with van der Waals surface area (Å²) in [5, 5.41) is 19.9. The molecule has 2 fully saturated rings. The number of allylic oxidation sites excluding steroid dienone is 3.